The molecule has 0 aliphatic carbocycles. The van der Waals surface area contributed by atoms with Crippen LogP contribution < -0.4 is 10.6 Å². The first-order valence-corrected chi connectivity index (χ1v) is 8.40. The van der Waals surface area contributed by atoms with Gasteiger partial charge in [-0.2, -0.15) is 4.98 Å². The van der Waals surface area contributed by atoms with Crippen LogP contribution in [0.25, 0.3) is 0 Å². The summed E-state index contributed by atoms with van der Waals surface area (Å²) >= 11 is 0. The zero-order valence-electron chi connectivity index (χ0n) is 13.8. The molecule has 2 aliphatic rings. The Morgan fingerprint density at radius 3 is 2.59 bits per heavy atom. The van der Waals surface area contributed by atoms with E-state index in [-0.39, 0.29) is 0 Å². The summed E-state index contributed by atoms with van der Waals surface area (Å²) in [6.45, 7) is 8.68. The number of hydrogen-bond acceptors (Lipinski definition) is 6. The van der Waals surface area contributed by atoms with Crippen LogP contribution in [-0.4, -0.2) is 72.1 Å². The van der Waals surface area contributed by atoms with E-state index >= 15 is 0 Å². The van der Waals surface area contributed by atoms with E-state index in [9.17, 15) is 0 Å². The number of nitrogens with zero attached hydrogens (tertiary/aromatic N) is 5. The predicted molar refractivity (Wildman–Crippen MR) is 90.1 cm³/mol. The van der Waals surface area contributed by atoms with E-state index in [0.29, 0.717) is 5.95 Å². The van der Waals surface area contributed by atoms with Gasteiger partial charge in [0, 0.05) is 50.5 Å². The third-order valence-corrected chi connectivity index (χ3v) is 4.94. The maximum Gasteiger partial charge on any atom is 0.222 e. The molecule has 6 heteroatoms. The number of likely N-dealkylation sites (tertiary alicyclic amines) is 1. The summed E-state index contributed by atoms with van der Waals surface area (Å²) in [5, 5.41) is 0. The molecule has 1 aromatic rings. The molecule has 6 nitrogen and oxygen atoms in total. The second-order valence-corrected chi connectivity index (χ2v) is 6.64. The van der Waals surface area contributed by atoms with Gasteiger partial charge in [-0.05, 0) is 33.4 Å². The van der Waals surface area contributed by atoms with Crippen LogP contribution in [0, 0.1) is 6.92 Å². The van der Waals surface area contributed by atoms with Crippen LogP contribution in [-0.2, 0) is 0 Å². The number of nitrogens with two attached hydrogens (primary N) is 1. The molecule has 0 amide bonds. The van der Waals surface area contributed by atoms with Crippen molar-refractivity contribution in [1.82, 2.24) is 19.8 Å². The smallest absolute Gasteiger partial charge is 0.222 e. The van der Waals surface area contributed by atoms with E-state index in [2.05, 4.69) is 31.7 Å². The third kappa shape index (κ3) is 3.67. The maximum atomic E-state index is 5.77. The van der Waals surface area contributed by atoms with Crippen molar-refractivity contribution in [2.75, 3.05) is 56.9 Å². The first kappa shape index (κ1) is 15.5. The number of likely N-dealkylation sites (N-methyl/N-ethyl adjacent to an activating group) is 1. The number of rotatable bonds is 3. The molecule has 3 rings (SSSR count). The molecular formula is C16H28N6. The highest BCUT2D eigenvalue weighted by atomic mass is 15.3. The molecule has 22 heavy (non-hydrogen) atoms. The Kier molecular flexibility index (Phi) is 4.78. The summed E-state index contributed by atoms with van der Waals surface area (Å²) in [6.07, 6.45) is 4.09. The van der Waals surface area contributed by atoms with Crippen LogP contribution in [0.5, 0.6) is 0 Å². The lowest BCUT2D eigenvalue weighted by Gasteiger charge is -2.40. The van der Waals surface area contributed by atoms with Crippen LogP contribution in [0.3, 0.4) is 0 Å². The molecule has 0 aromatic carbocycles. The second-order valence-electron chi connectivity index (χ2n) is 6.64. The van der Waals surface area contributed by atoms with E-state index in [0.717, 1.165) is 43.7 Å². The highest BCUT2D eigenvalue weighted by Gasteiger charge is 2.24. The third-order valence-electron chi connectivity index (χ3n) is 4.94. The number of piperazine rings is 1. The molecular weight excluding hydrogens is 276 g/mol. The quantitative estimate of drug-likeness (QED) is 0.898. The Labute approximate surface area is 133 Å². The summed E-state index contributed by atoms with van der Waals surface area (Å²) in [4.78, 5) is 16.0. The number of aryl methyl sites for hydroxylation is 1. The molecule has 2 saturated heterocycles. The van der Waals surface area contributed by atoms with Crippen molar-refractivity contribution in [2.24, 2.45) is 0 Å². The van der Waals surface area contributed by atoms with E-state index in [4.69, 9.17) is 5.73 Å². The van der Waals surface area contributed by atoms with Gasteiger partial charge in [-0.25, -0.2) is 4.98 Å². The summed E-state index contributed by atoms with van der Waals surface area (Å²) in [5.74, 6) is 1.35. The fourth-order valence-electron chi connectivity index (χ4n) is 3.57. The van der Waals surface area contributed by atoms with Crippen molar-refractivity contribution < 1.29 is 0 Å². The Bertz CT molecular complexity index is 477. The maximum absolute atomic E-state index is 5.77. The Morgan fingerprint density at radius 2 is 1.91 bits per heavy atom. The lowest BCUT2D eigenvalue weighted by Crippen LogP contribution is -2.52. The normalized spacial score (nSPS) is 24.6. The molecule has 0 saturated carbocycles. The highest BCUT2D eigenvalue weighted by molar-refractivity contribution is 5.43. The molecule has 0 radical (unpaired) electrons. The van der Waals surface area contributed by atoms with Gasteiger partial charge in [-0.15, -0.1) is 0 Å². The van der Waals surface area contributed by atoms with E-state index in [1.807, 2.05) is 13.0 Å². The van der Waals surface area contributed by atoms with E-state index in [1.165, 1.54) is 32.4 Å². The zero-order valence-corrected chi connectivity index (χ0v) is 13.8. The van der Waals surface area contributed by atoms with Crippen molar-refractivity contribution >= 4 is 11.8 Å². The average molecular weight is 304 g/mol. The molecule has 0 unspecified atom stereocenters. The fourth-order valence-corrected chi connectivity index (χ4v) is 3.57. The molecule has 122 valence electrons. The molecule has 0 bridgehead atoms. The molecule has 2 aliphatic heterocycles. The van der Waals surface area contributed by atoms with E-state index in [1.54, 1.807) is 0 Å². The number of aromatic nitrogens is 2. The first-order valence-electron chi connectivity index (χ1n) is 8.40. The standard InChI is InChI=1S/C16H28N6/c1-13-11-15(19-16(17)18-13)22-9-7-21(8-10-22)12-14-5-3-4-6-20(14)2/h11,14H,3-10,12H2,1-2H3,(H2,17,18,19)/t14-/m1/s1. The number of anilines is 2. The van der Waals surface area contributed by atoms with Gasteiger partial charge in [0.25, 0.3) is 0 Å². The number of hydrogen-bond donors (Lipinski definition) is 1. The summed E-state index contributed by atoms with van der Waals surface area (Å²) in [7, 11) is 2.27. The minimum Gasteiger partial charge on any atom is -0.368 e. The van der Waals surface area contributed by atoms with Crippen molar-refractivity contribution in [3.8, 4) is 0 Å². The largest absolute Gasteiger partial charge is 0.368 e. The lowest BCUT2D eigenvalue weighted by molar-refractivity contribution is 0.124. The van der Waals surface area contributed by atoms with E-state index < -0.39 is 0 Å². The minimum absolute atomic E-state index is 0.376. The van der Waals surface area contributed by atoms with Gasteiger partial charge in [0.05, 0.1) is 0 Å². The SMILES string of the molecule is Cc1cc(N2CCN(C[C@H]3CCCCN3C)CC2)nc(N)n1. The average Bonchev–Trinajstić information content (AvgIpc) is 2.49. The molecule has 0 spiro atoms. The van der Waals surface area contributed by atoms with Gasteiger partial charge < -0.3 is 15.5 Å². The molecule has 3 heterocycles. The van der Waals surface area contributed by atoms with Gasteiger partial charge in [0.2, 0.25) is 5.95 Å². The fraction of sp³-hybridized carbons (Fsp3) is 0.750. The molecule has 1 aromatic heterocycles. The molecule has 1 atom stereocenters. The molecule has 2 N–H and O–H groups in total. The van der Waals surface area contributed by atoms with Gasteiger partial charge in [0.15, 0.2) is 0 Å². The van der Waals surface area contributed by atoms with Crippen molar-refractivity contribution in [3.63, 3.8) is 0 Å². The highest BCUT2D eigenvalue weighted by Crippen LogP contribution is 2.19. The Morgan fingerprint density at radius 1 is 1.14 bits per heavy atom. The minimum atomic E-state index is 0.376. The van der Waals surface area contributed by atoms with Crippen molar-refractivity contribution in [1.29, 1.82) is 0 Å². The van der Waals surface area contributed by atoms with Crippen molar-refractivity contribution in [2.45, 2.75) is 32.2 Å². The van der Waals surface area contributed by atoms with Crippen molar-refractivity contribution in [3.05, 3.63) is 11.8 Å². The van der Waals surface area contributed by atoms with Crippen LogP contribution in [0.4, 0.5) is 11.8 Å². The summed E-state index contributed by atoms with van der Waals surface area (Å²) < 4.78 is 0. The Hall–Kier alpha value is -1.40. The number of nitrogen functional groups attached to an aromatic ring is 1. The Balaban J connectivity index is 1.53. The van der Waals surface area contributed by atoms with Gasteiger partial charge in [0.1, 0.15) is 5.82 Å². The number of piperidine rings is 1. The monoisotopic (exact) mass is 304 g/mol. The van der Waals surface area contributed by atoms with Crippen LogP contribution in [0.15, 0.2) is 6.07 Å². The van der Waals surface area contributed by atoms with Crippen LogP contribution >= 0.6 is 0 Å². The topological polar surface area (TPSA) is 61.5 Å². The van der Waals surface area contributed by atoms with Crippen LogP contribution in [0.1, 0.15) is 25.0 Å². The zero-order chi connectivity index (χ0) is 15.5. The van der Waals surface area contributed by atoms with Gasteiger partial charge in [-0.1, -0.05) is 6.42 Å². The molecule has 2 fully saturated rings. The van der Waals surface area contributed by atoms with Gasteiger partial charge >= 0.3 is 0 Å². The summed E-state index contributed by atoms with van der Waals surface area (Å²) in [5.41, 5.74) is 6.71. The van der Waals surface area contributed by atoms with Crippen LogP contribution in [0.2, 0.25) is 0 Å². The predicted octanol–water partition coefficient (Wildman–Crippen LogP) is 0.974. The lowest BCUT2D eigenvalue weighted by atomic mass is 10.0. The first-order chi connectivity index (χ1) is 10.6. The van der Waals surface area contributed by atoms with Gasteiger partial charge in [-0.3, -0.25) is 4.90 Å². The second kappa shape index (κ2) is 6.79. The summed E-state index contributed by atoms with van der Waals surface area (Å²) in [6, 6.07) is 2.76.